The molecule has 3 rings (SSSR count). The number of pyridine rings is 1. The summed E-state index contributed by atoms with van der Waals surface area (Å²) in [5.41, 5.74) is 1.11. The van der Waals surface area contributed by atoms with Crippen molar-refractivity contribution in [1.82, 2.24) is 15.0 Å². The monoisotopic (exact) mass is 595 g/mol. The quantitative estimate of drug-likeness (QED) is 0.289. The Kier molecular flexibility index (Phi) is 8.58. The molecule has 1 heterocycles. The number of hydrogen-bond donors (Lipinski definition) is 4. The molecule has 0 aliphatic rings. The molecule has 5 N–H and O–H groups in total. The van der Waals surface area contributed by atoms with Crippen molar-refractivity contribution in [3.05, 3.63) is 76.9 Å². The van der Waals surface area contributed by atoms with Gasteiger partial charge in [-0.05, 0) is 51.8 Å². The van der Waals surface area contributed by atoms with Crippen LogP contribution >= 0.6 is 15.9 Å². The first kappa shape index (κ1) is 27.4. The molecule has 11 nitrogen and oxygen atoms in total. The van der Waals surface area contributed by atoms with E-state index in [2.05, 4.69) is 36.3 Å². The molecule has 0 aliphatic carbocycles. The fourth-order valence-corrected chi connectivity index (χ4v) is 4.86. The van der Waals surface area contributed by atoms with Crippen molar-refractivity contribution in [2.24, 2.45) is 5.14 Å². The number of benzene rings is 2. The molecule has 1 aromatic heterocycles. The lowest BCUT2D eigenvalue weighted by Gasteiger charge is -2.18. The Balaban J connectivity index is 1.72. The number of rotatable bonds is 9. The molecule has 1 unspecified atom stereocenters. The summed E-state index contributed by atoms with van der Waals surface area (Å²) < 4.78 is 50.1. The van der Waals surface area contributed by atoms with Crippen molar-refractivity contribution in [2.75, 3.05) is 18.1 Å². The lowest BCUT2D eigenvalue weighted by Crippen LogP contribution is -2.50. The number of nitrogens with zero attached hydrogens (tertiary/aromatic N) is 1. The number of primary sulfonamides is 1. The fourth-order valence-electron chi connectivity index (χ4n) is 3.16. The smallest absolute Gasteiger partial charge is 0.251 e. The van der Waals surface area contributed by atoms with Crippen LogP contribution in [0.5, 0.6) is 0 Å². The molecule has 2 amide bonds. The number of nitrogens with two attached hydrogens (primary N) is 1. The van der Waals surface area contributed by atoms with E-state index in [0.717, 1.165) is 6.26 Å². The van der Waals surface area contributed by atoms with E-state index in [1.165, 1.54) is 30.5 Å². The molecule has 3 aromatic rings. The first-order valence-corrected chi connectivity index (χ1v) is 14.5. The molecule has 0 aliphatic heterocycles. The van der Waals surface area contributed by atoms with Crippen LogP contribution in [0.3, 0.4) is 0 Å². The van der Waals surface area contributed by atoms with Gasteiger partial charge in [-0.15, -0.1) is 0 Å². The number of hydrogen-bond acceptors (Lipinski definition) is 7. The van der Waals surface area contributed by atoms with Crippen LogP contribution in [-0.4, -0.2) is 52.5 Å². The third-order valence-electron chi connectivity index (χ3n) is 4.77. The van der Waals surface area contributed by atoms with Crippen LogP contribution in [0.1, 0.15) is 10.4 Å². The van der Waals surface area contributed by atoms with E-state index in [4.69, 9.17) is 5.14 Å². The molecule has 2 aromatic carbocycles. The molecule has 0 spiro atoms. The van der Waals surface area contributed by atoms with Gasteiger partial charge in [0, 0.05) is 28.3 Å². The first-order chi connectivity index (χ1) is 16.8. The zero-order valence-electron chi connectivity index (χ0n) is 18.8. The summed E-state index contributed by atoms with van der Waals surface area (Å²) in [6.07, 6.45) is 2.35. The number of halogens is 1. The number of anilines is 1. The van der Waals surface area contributed by atoms with Crippen molar-refractivity contribution in [3.8, 4) is 11.1 Å². The van der Waals surface area contributed by atoms with Gasteiger partial charge in [0.05, 0.1) is 11.2 Å². The molecule has 0 saturated carbocycles. The van der Waals surface area contributed by atoms with Crippen molar-refractivity contribution in [1.29, 1.82) is 0 Å². The highest BCUT2D eigenvalue weighted by atomic mass is 79.9. The Bertz CT molecular complexity index is 1480. The summed E-state index contributed by atoms with van der Waals surface area (Å²) in [6, 6.07) is 14.1. The fraction of sp³-hybridized carbons (Fsp3) is 0.136. The third kappa shape index (κ3) is 7.66. The van der Waals surface area contributed by atoms with Gasteiger partial charge in [0.25, 0.3) is 5.91 Å². The molecular weight excluding hydrogens is 574 g/mol. The SMILES string of the molecule is CS(=O)(=O)NC(CNC(=O)c1ccc(-c2ccccc2S(N)(=O)=O)cc1)C(=O)Nc1ccc(Br)cn1. The van der Waals surface area contributed by atoms with Gasteiger partial charge >= 0.3 is 0 Å². The molecule has 1 atom stereocenters. The van der Waals surface area contributed by atoms with Gasteiger partial charge in [-0.3, -0.25) is 9.59 Å². The van der Waals surface area contributed by atoms with E-state index in [9.17, 15) is 26.4 Å². The Morgan fingerprint density at radius 2 is 1.67 bits per heavy atom. The lowest BCUT2D eigenvalue weighted by atomic mass is 10.0. The molecular formula is C22H22BrN5O6S2. The predicted molar refractivity (Wildman–Crippen MR) is 138 cm³/mol. The zero-order valence-corrected chi connectivity index (χ0v) is 22.0. The second-order valence-electron chi connectivity index (χ2n) is 7.62. The average molecular weight is 596 g/mol. The topological polar surface area (TPSA) is 177 Å². The second-order valence-corrected chi connectivity index (χ2v) is 11.8. The van der Waals surface area contributed by atoms with E-state index in [0.29, 0.717) is 15.6 Å². The summed E-state index contributed by atoms with van der Waals surface area (Å²) >= 11 is 3.23. The lowest BCUT2D eigenvalue weighted by molar-refractivity contribution is -0.117. The number of carbonyl (C=O) groups excluding carboxylic acids is 2. The minimum Gasteiger partial charge on any atom is -0.350 e. The summed E-state index contributed by atoms with van der Waals surface area (Å²) in [5, 5.41) is 10.3. The average Bonchev–Trinajstić information content (AvgIpc) is 2.82. The highest BCUT2D eigenvalue weighted by Crippen LogP contribution is 2.26. The summed E-state index contributed by atoms with van der Waals surface area (Å²) in [7, 11) is -7.74. The predicted octanol–water partition coefficient (Wildman–Crippen LogP) is 1.44. The summed E-state index contributed by atoms with van der Waals surface area (Å²) in [6.45, 7) is -0.343. The number of aromatic nitrogens is 1. The maximum Gasteiger partial charge on any atom is 0.251 e. The van der Waals surface area contributed by atoms with E-state index in [1.54, 1.807) is 36.4 Å². The van der Waals surface area contributed by atoms with E-state index in [-0.39, 0.29) is 22.8 Å². The second kappa shape index (κ2) is 11.3. The minimum absolute atomic E-state index is 0.0526. The minimum atomic E-state index is -3.95. The van der Waals surface area contributed by atoms with Gasteiger partial charge in [-0.25, -0.2) is 31.7 Å². The van der Waals surface area contributed by atoms with Crippen LogP contribution in [0.25, 0.3) is 11.1 Å². The van der Waals surface area contributed by atoms with Crippen molar-refractivity contribution in [3.63, 3.8) is 0 Å². The van der Waals surface area contributed by atoms with Crippen molar-refractivity contribution in [2.45, 2.75) is 10.9 Å². The van der Waals surface area contributed by atoms with Crippen LogP contribution in [0.15, 0.2) is 76.2 Å². The van der Waals surface area contributed by atoms with Crippen LogP contribution in [0.4, 0.5) is 5.82 Å². The molecule has 36 heavy (non-hydrogen) atoms. The number of nitrogens with one attached hydrogen (secondary N) is 3. The normalized spacial score (nSPS) is 12.5. The molecule has 14 heteroatoms. The molecule has 0 radical (unpaired) electrons. The van der Waals surface area contributed by atoms with Gasteiger partial charge in [0.2, 0.25) is 26.0 Å². The maximum absolute atomic E-state index is 12.7. The standard InChI is InChI=1S/C22H22BrN5O6S2/c1-35(31,32)28-18(22(30)27-20-11-10-16(23)12-25-20)13-26-21(29)15-8-6-14(7-9-15)17-4-2-3-5-19(17)36(24,33)34/h2-12,18,28H,13H2,1H3,(H,26,29)(H2,24,33,34)(H,25,27,30). The highest BCUT2D eigenvalue weighted by molar-refractivity contribution is 9.10. The molecule has 190 valence electrons. The van der Waals surface area contributed by atoms with Crippen LogP contribution in [-0.2, 0) is 24.8 Å². The Hall–Kier alpha value is -3.17. The summed E-state index contributed by atoms with van der Waals surface area (Å²) in [5.74, 6) is -1.09. The van der Waals surface area contributed by atoms with E-state index >= 15 is 0 Å². The van der Waals surface area contributed by atoms with E-state index < -0.39 is 37.9 Å². The van der Waals surface area contributed by atoms with Crippen molar-refractivity contribution < 1.29 is 26.4 Å². The highest BCUT2D eigenvalue weighted by Gasteiger charge is 2.24. The third-order valence-corrected chi connectivity index (χ3v) is 6.92. The van der Waals surface area contributed by atoms with Crippen LogP contribution in [0.2, 0.25) is 0 Å². The Labute approximate surface area is 216 Å². The zero-order chi connectivity index (χ0) is 26.5. The number of amides is 2. The molecule has 0 fully saturated rings. The van der Waals surface area contributed by atoms with Crippen molar-refractivity contribution >= 4 is 53.6 Å². The summed E-state index contributed by atoms with van der Waals surface area (Å²) in [4.78, 5) is 29.2. The van der Waals surface area contributed by atoms with Crippen LogP contribution in [0, 0.1) is 0 Å². The van der Waals surface area contributed by atoms with Gasteiger partial charge in [0.15, 0.2) is 0 Å². The Morgan fingerprint density at radius 3 is 2.25 bits per heavy atom. The number of sulfonamides is 2. The molecule has 0 saturated heterocycles. The van der Waals surface area contributed by atoms with Gasteiger partial charge in [-0.2, -0.15) is 0 Å². The maximum atomic E-state index is 12.7. The van der Waals surface area contributed by atoms with Crippen LogP contribution < -0.4 is 20.5 Å². The van der Waals surface area contributed by atoms with Gasteiger partial charge in [0.1, 0.15) is 11.9 Å². The van der Waals surface area contributed by atoms with Gasteiger partial charge < -0.3 is 10.6 Å². The Morgan fingerprint density at radius 1 is 1.00 bits per heavy atom. The molecule has 0 bridgehead atoms. The van der Waals surface area contributed by atoms with E-state index in [1.807, 2.05) is 0 Å². The number of carbonyl (C=O) groups is 2. The van der Waals surface area contributed by atoms with Gasteiger partial charge in [-0.1, -0.05) is 30.3 Å². The first-order valence-electron chi connectivity index (χ1n) is 10.2. The largest absolute Gasteiger partial charge is 0.350 e.